The maximum atomic E-state index is 10.5. The van der Waals surface area contributed by atoms with E-state index in [2.05, 4.69) is 4.74 Å². The minimum atomic E-state index is -0.589. The van der Waals surface area contributed by atoms with E-state index in [1.807, 2.05) is 0 Å². The van der Waals surface area contributed by atoms with Gasteiger partial charge in [0.05, 0.1) is 6.10 Å². The Balaban J connectivity index is 3.40. The van der Waals surface area contributed by atoms with Gasteiger partial charge in [0.2, 0.25) is 0 Å². The fourth-order valence-electron chi connectivity index (χ4n) is 0.387. The first-order valence-electron chi connectivity index (χ1n) is 3.14. The van der Waals surface area contributed by atoms with Crippen LogP contribution in [-0.4, -0.2) is 23.8 Å². The molecule has 0 heterocycles. The number of aliphatic hydroxyl groups is 1. The van der Waals surface area contributed by atoms with Gasteiger partial charge in [-0.25, -0.2) is 4.79 Å². The molecular formula is C7H12O3. The smallest absolute Gasteiger partial charge is 0.330 e. The molecule has 0 fully saturated rings. The van der Waals surface area contributed by atoms with Gasteiger partial charge in [-0.15, -0.1) is 0 Å². The van der Waals surface area contributed by atoms with Gasteiger partial charge < -0.3 is 9.84 Å². The predicted octanol–water partition coefficient (Wildman–Crippen LogP) is 0.486. The molecule has 0 aliphatic rings. The van der Waals surface area contributed by atoms with Gasteiger partial charge in [-0.3, -0.25) is 0 Å². The van der Waals surface area contributed by atoms with Gasteiger partial charge in [-0.05, 0) is 13.8 Å². The van der Waals surface area contributed by atoms with Gasteiger partial charge in [0.15, 0.2) is 0 Å². The minimum Gasteiger partial charge on any atom is -0.460 e. The SMILES string of the molecule is C/C=C/C(=O)OCC(C)O. The van der Waals surface area contributed by atoms with Crippen LogP contribution in [0.1, 0.15) is 13.8 Å². The molecule has 0 rings (SSSR count). The van der Waals surface area contributed by atoms with Crippen molar-refractivity contribution in [2.45, 2.75) is 20.0 Å². The Labute approximate surface area is 60.3 Å². The molecule has 0 amide bonds. The lowest BCUT2D eigenvalue weighted by molar-refractivity contribution is -0.140. The van der Waals surface area contributed by atoms with Gasteiger partial charge in [0, 0.05) is 6.08 Å². The summed E-state index contributed by atoms with van der Waals surface area (Å²) in [5.74, 6) is -0.414. The Kier molecular flexibility index (Phi) is 4.58. The van der Waals surface area contributed by atoms with E-state index in [9.17, 15) is 4.79 Å². The number of ether oxygens (including phenoxy) is 1. The molecule has 0 aliphatic heterocycles. The lowest BCUT2D eigenvalue weighted by Gasteiger charge is -2.02. The van der Waals surface area contributed by atoms with E-state index in [1.54, 1.807) is 19.9 Å². The molecule has 3 nitrogen and oxygen atoms in total. The summed E-state index contributed by atoms with van der Waals surface area (Å²) in [6, 6.07) is 0. The van der Waals surface area contributed by atoms with Crippen molar-refractivity contribution in [3.8, 4) is 0 Å². The van der Waals surface area contributed by atoms with Crippen molar-refractivity contribution in [2.24, 2.45) is 0 Å². The maximum Gasteiger partial charge on any atom is 0.330 e. The molecular weight excluding hydrogens is 132 g/mol. The van der Waals surface area contributed by atoms with Crippen LogP contribution in [0.4, 0.5) is 0 Å². The summed E-state index contributed by atoms with van der Waals surface area (Å²) >= 11 is 0. The Hall–Kier alpha value is -0.830. The molecule has 1 N–H and O–H groups in total. The van der Waals surface area contributed by atoms with Gasteiger partial charge >= 0.3 is 5.97 Å². The zero-order chi connectivity index (χ0) is 7.98. The first-order chi connectivity index (χ1) is 4.66. The average molecular weight is 144 g/mol. The number of esters is 1. The zero-order valence-electron chi connectivity index (χ0n) is 6.20. The van der Waals surface area contributed by atoms with Crippen LogP contribution < -0.4 is 0 Å². The molecule has 10 heavy (non-hydrogen) atoms. The summed E-state index contributed by atoms with van der Waals surface area (Å²) in [6.07, 6.45) is 2.31. The standard InChI is InChI=1S/C7H12O3/c1-3-4-7(9)10-5-6(2)8/h3-4,6,8H,5H2,1-2H3/b4-3+. The number of carbonyl (C=O) groups is 1. The highest BCUT2D eigenvalue weighted by Crippen LogP contribution is 1.85. The summed E-state index contributed by atoms with van der Waals surface area (Å²) in [5, 5.41) is 8.67. The summed E-state index contributed by atoms with van der Waals surface area (Å²) in [5.41, 5.74) is 0. The Bertz CT molecular complexity index is 127. The molecule has 0 radical (unpaired) electrons. The normalized spacial score (nSPS) is 13.5. The Morgan fingerprint density at radius 1 is 1.80 bits per heavy atom. The highest BCUT2D eigenvalue weighted by molar-refractivity contribution is 5.81. The minimum absolute atomic E-state index is 0.0587. The number of carbonyl (C=O) groups excluding carboxylic acids is 1. The Morgan fingerprint density at radius 2 is 2.40 bits per heavy atom. The van der Waals surface area contributed by atoms with Crippen LogP contribution in [-0.2, 0) is 9.53 Å². The van der Waals surface area contributed by atoms with Crippen LogP contribution in [0.15, 0.2) is 12.2 Å². The zero-order valence-corrected chi connectivity index (χ0v) is 6.20. The number of rotatable bonds is 3. The van der Waals surface area contributed by atoms with E-state index < -0.39 is 12.1 Å². The van der Waals surface area contributed by atoms with Gasteiger partial charge in [-0.2, -0.15) is 0 Å². The molecule has 1 atom stereocenters. The molecule has 0 spiro atoms. The van der Waals surface area contributed by atoms with Crippen molar-refractivity contribution >= 4 is 5.97 Å². The highest BCUT2D eigenvalue weighted by atomic mass is 16.5. The summed E-state index contributed by atoms with van der Waals surface area (Å²) in [7, 11) is 0. The third kappa shape index (κ3) is 5.31. The third-order valence-corrected chi connectivity index (χ3v) is 0.770. The van der Waals surface area contributed by atoms with Crippen LogP contribution in [0.2, 0.25) is 0 Å². The number of aliphatic hydroxyl groups excluding tert-OH is 1. The van der Waals surface area contributed by atoms with Crippen molar-refractivity contribution in [3.63, 3.8) is 0 Å². The number of hydrogen-bond donors (Lipinski definition) is 1. The monoisotopic (exact) mass is 144 g/mol. The summed E-state index contributed by atoms with van der Waals surface area (Å²) in [6.45, 7) is 3.34. The van der Waals surface area contributed by atoms with E-state index in [0.717, 1.165) is 0 Å². The van der Waals surface area contributed by atoms with Crippen molar-refractivity contribution in [2.75, 3.05) is 6.61 Å². The molecule has 0 aromatic rings. The quantitative estimate of drug-likeness (QED) is 0.463. The fraction of sp³-hybridized carbons (Fsp3) is 0.571. The molecule has 58 valence electrons. The van der Waals surface area contributed by atoms with Gasteiger partial charge in [0.25, 0.3) is 0 Å². The van der Waals surface area contributed by atoms with Crippen molar-refractivity contribution in [1.82, 2.24) is 0 Å². The van der Waals surface area contributed by atoms with Gasteiger partial charge in [-0.1, -0.05) is 6.08 Å². The van der Waals surface area contributed by atoms with Crippen molar-refractivity contribution in [1.29, 1.82) is 0 Å². The lowest BCUT2D eigenvalue weighted by Crippen LogP contribution is -2.13. The van der Waals surface area contributed by atoms with Crippen molar-refractivity contribution < 1.29 is 14.6 Å². The maximum absolute atomic E-state index is 10.5. The first kappa shape index (κ1) is 9.17. The second-order valence-electron chi connectivity index (χ2n) is 1.98. The molecule has 1 unspecified atom stereocenters. The molecule has 0 saturated carbocycles. The van der Waals surface area contributed by atoms with Crippen LogP contribution >= 0.6 is 0 Å². The lowest BCUT2D eigenvalue weighted by atomic mass is 10.4. The number of hydrogen-bond acceptors (Lipinski definition) is 3. The van der Waals surface area contributed by atoms with Crippen LogP contribution in [0.3, 0.4) is 0 Å². The second-order valence-corrected chi connectivity index (χ2v) is 1.98. The average Bonchev–Trinajstić information content (AvgIpc) is 1.85. The van der Waals surface area contributed by atoms with E-state index in [-0.39, 0.29) is 6.61 Å². The summed E-state index contributed by atoms with van der Waals surface area (Å²) in [4.78, 5) is 10.5. The van der Waals surface area contributed by atoms with Crippen LogP contribution in [0.5, 0.6) is 0 Å². The molecule has 0 aromatic heterocycles. The van der Waals surface area contributed by atoms with E-state index >= 15 is 0 Å². The van der Waals surface area contributed by atoms with Crippen LogP contribution in [0, 0.1) is 0 Å². The molecule has 0 aliphatic carbocycles. The van der Waals surface area contributed by atoms with E-state index in [1.165, 1.54) is 6.08 Å². The highest BCUT2D eigenvalue weighted by Gasteiger charge is 1.98. The number of allylic oxidation sites excluding steroid dienone is 1. The first-order valence-corrected chi connectivity index (χ1v) is 3.14. The fourth-order valence-corrected chi connectivity index (χ4v) is 0.387. The second kappa shape index (κ2) is 4.99. The van der Waals surface area contributed by atoms with Crippen LogP contribution in [0.25, 0.3) is 0 Å². The largest absolute Gasteiger partial charge is 0.460 e. The van der Waals surface area contributed by atoms with Gasteiger partial charge in [0.1, 0.15) is 6.61 Å². The van der Waals surface area contributed by atoms with E-state index in [0.29, 0.717) is 0 Å². The Morgan fingerprint density at radius 3 is 2.80 bits per heavy atom. The molecule has 3 heteroatoms. The molecule has 0 aromatic carbocycles. The van der Waals surface area contributed by atoms with E-state index in [4.69, 9.17) is 5.11 Å². The summed E-state index contributed by atoms with van der Waals surface area (Å²) < 4.78 is 4.57. The topological polar surface area (TPSA) is 46.5 Å². The predicted molar refractivity (Wildman–Crippen MR) is 37.5 cm³/mol. The molecule has 0 saturated heterocycles. The molecule has 0 bridgehead atoms. The van der Waals surface area contributed by atoms with Crippen molar-refractivity contribution in [3.05, 3.63) is 12.2 Å². The third-order valence-electron chi connectivity index (χ3n) is 0.770.